The van der Waals surface area contributed by atoms with Gasteiger partial charge < -0.3 is 5.11 Å². The highest BCUT2D eigenvalue weighted by Gasteiger charge is 2.48. The number of fused-ring (bicyclic) bond motifs is 2. The van der Waals surface area contributed by atoms with Gasteiger partial charge in [0.25, 0.3) is 0 Å². The molecule has 4 atom stereocenters. The fourth-order valence-corrected chi connectivity index (χ4v) is 3.01. The summed E-state index contributed by atoms with van der Waals surface area (Å²) in [6, 6.07) is 0. The van der Waals surface area contributed by atoms with Crippen molar-refractivity contribution in [3.05, 3.63) is 0 Å². The molecule has 0 heterocycles. The van der Waals surface area contributed by atoms with Crippen LogP contribution in [0.3, 0.4) is 0 Å². The molecule has 0 aromatic rings. The zero-order chi connectivity index (χ0) is 8.01. The van der Waals surface area contributed by atoms with Crippen molar-refractivity contribution in [2.45, 2.75) is 26.2 Å². The first kappa shape index (κ1) is 7.14. The zero-order valence-corrected chi connectivity index (χ0v) is 6.79. The summed E-state index contributed by atoms with van der Waals surface area (Å²) in [4.78, 5) is 10.8. The number of aliphatic carboxylic acids is 1. The quantitative estimate of drug-likeness (QED) is 0.624. The van der Waals surface area contributed by atoms with Crippen LogP contribution in [0.25, 0.3) is 0 Å². The van der Waals surface area contributed by atoms with Gasteiger partial charge in [0.05, 0.1) is 5.92 Å². The average Bonchev–Trinajstić information content (AvgIpc) is 2.44. The second-order valence-electron chi connectivity index (χ2n) is 4.06. The van der Waals surface area contributed by atoms with Gasteiger partial charge in [0.2, 0.25) is 0 Å². The molecule has 0 aromatic heterocycles. The van der Waals surface area contributed by atoms with Gasteiger partial charge in [-0.25, -0.2) is 0 Å². The lowest BCUT2D eigenvalue weighted by Crippen LogP contribution is -2.27. The SMILES string of the molecule is C[C@@H]1[C@H]2CC[C@@H](C2)[C@@H]1C(=O)O. The maximum atomic E-state index is 10.8. The minimum absolute atomic E-state index is 0.0197. The fraction of sp³-hybridized carbons (Fsp3) is 0.889. The summed E-state index contributed by atoms with van der Waals surface area (Å²) in [5.41, 5.74) is 0. The van der Waals surface area contributed by atoms with Crippen molar-refractivity contribution in [1.29, 1.82) is 0 Å². The normalized spacial score (nSPS) is 48.1. The largest absolute Gasteiger partial charge is 0.481 e. The molecule has 0 unspecified atom stereocenters. The Labute approximate surface area is 66.6 Å². The lowest BCUT2D eigenvalue weighted by atomic mass is 9.81. The molecule has 0 saturated heterocycles. The van der Waals surface area contributed by atoms with Crippen LogP contribution in [0, 0.1) is 23.7 Å². The Morgan fingerprint density at radius 1 is 1.36 bits per heavy atom. The first-order valence-corrected chi connectivity index (χ1v) is 4.43. The summed E-state index contributed by atoms with van der Waals surface area (Å²) < 4.78 is 0. The topological polar surface area (TPSA) is 37.3 Å². The van der Waals surface area contributed by atoms with E-state index in [-0.39, 0.29) is 5.92 Å². The van der Waals surface area contributed by atoms with Gasteiger partial charge in [0.15, 0.2) is 0 Å². The molecule has 1 N–H and O–H groups in total. The van der Waals surface area contributed by atoms with Crippen LogP contribution in [0.4, 0.5) is 0 Å². The molecule has 2 nitrogen and oxygen atoms in total. The molecule has 0 aromatic carbocycles. The highest BCUT2D eigenvalue weighted by atomic mass is 16.4. The van der Waals surface area contributed by atoms with Gasteiger partial charge in [-0.1, -0.05) is 6.92 Å². The van der Waals surface area contributed by atoms with E-state index in [9.17, 15) is 4.79 Å². The number of carboxylic acid groups (broad SMARTS) is 1. The van der Waals surface area contributed by atoms with Gasteiger partial charge in [-0.2, -0.15) is 0 Å². The maximum Gasteiger partial charge on any atom is 0.307 e. The number of rotatable bonds is 1. The van der Waals surface area contributed by atoms with Crippen LogP contribution in [0.15, 0.2) is 0 Å². The van der Waals surface area contributed by atoms with E-state index in [0.717, 1.165) is 12.3 Å². The van der Waals surface area contributed by atoms with Crippen LogP contribution < -0.4 is 0 Å². The Morgan fingerprint density at radius 3 is 2.36 bits per heavy atom. The standard InChI is InChI=1S/C9H14O2/c1-5-6-2-3-7(4-6)8(5)9(10)11/h5-8H,2-4H2,1H3,(H,10,11)/t5-,6+,7+,8-/m1/s1. The van der Waals surface area contributed by atoms with Crippen molar-refractivity contribution in [2.75, 3.05) is 0 Å². The van der Waals surface area contributed by atoms with Crippen molar-refractivity contribution >= 4 is 5.97 Å². The highest BCUT2D eigenvalue weighted by Crippen LogP contribution is 2.51. The predicted molar refractivity (Wildman–Crippen MR) is 41.1 cm³/mol. The van der Waals surface area contributed by atoms with E-state index in [1.807, 2.05) is 0 Å². The molecular weight excluding hydrogens is 140 g/mol. The first-order chi connectivity index (χ1) is 5.20. The second-order valence-corrected chi connectivity index (χ2v) is 4.06. The molecule has 2 aliphatic rings. The van der Waals surface area contributed by atoms with Crippen molar-refractivity contribution < 1.29 is 9.90 Å². The van der Waals surface area contributed by atoms with Crippen LogP contribution in [-0.4, -0.2) is 11.1 Å². The van der Waals surface area contributed by atoms with E-state index >= 15 is 0 Å². The van der Waals surface area contributed by atoms with Gasteiger partial charge in [-0.3, -0.25) is 4.79 Å². The van der Waals surface area contributed by atoms with Gasteiger partial charge in [-0.05, 0) is 37.0 Å². The molecule has 2 rings (SSSR count). The highest BCUT2D eigenvalue weighted by molar-refractivity contribution is 5.71. The molecule has 2 bridgehead atoms. The summed E-state index contributed by atoms with van der Waals surface area (Å²) in [7, 11) is 0. The molecule has 11 heavy (non-hydrogen) atoms. The second kappa shape index (κ2) is 2.23. The van der Waals surface area contributed by atoms with Crippen LogP contribution >= 0.6 is 0 Å². The Kier molecular flexibility index (Phi) is 1.44. The van der Waals surface area contributed by atoms with Crippen molar-refractivity contribution in [1.82, 2.24) is 0 Å². The molecule has 2 heteroatoms. The molecule has 0 spiro atoms. The number of carbonyl (C=O) groups is 1. The minimum atomic E-state index is -0.565. The lowest BCUT2D eigenvalue weighted by molar-refractivity contribution is -0.145. The van der Waals surface area contributed by atoms with Crippen LogP contribution in [0.1, 0.15) is 26.2 Å². The summed E-state index contributed by atoms with van der Waals surface area (Å²) in [5, 5.41) is 8.91. The maximum absolute atomic E-state index is 10.8. The summed E-state index contributed by atoms with van der Waals surface area (Å²) in [6.07, 6.45) is 3.61. The van der Waals surface area contributed by atoms with Crippen LogP contribution in [0.5, 0.6) is 0 Å². The van der Waals surface area contributed by atoms with Gasteiger partial charge in [0, 0.05) is 0 Å². The smallest absolute Gasteiger partial charge is 0.307 e. The molecule has 2 saturated carbocycles. The minimum Gasteiger partial charge on any atom is -0.481 e. The average molecular weight is 154 g/mol. The van der Waals surface area contributed by atoms with Crippen LogP contribution in [0.2, 0.25) is 0 Å². The van der Waals surface area contributed by atoms with Crippen molar-refractivity contribution in [2.24, 2.45) is 23.7 Å². The molecule has 2 fully saturated rings. The summed E-state index contributed by atoms with van der Waals surface area (Å²) in [6.45, 7) is 2.10. The van der Waals surface area contributed by atoms with E-state index in [2.05, 4.69) is 6.92 Å². The summed E-state index contributed by atoms with van der Waals surface area (Å²) >= 11 is 0. The fourth-order valence-electron chi connectivity index (χ4n) is 3.01. The predicted octanol–water partition coefficient (Wildman–Crippen LogP) is 1.75. The zero-order valence-electron chi connectivity index (χ0n) is 6.79. The van der Waals surface area contributed by atoms with E-state index in [0.29, 0.717) is 11.8 Å². The third-order valence-electron chi connectivity index (χ3n) is 3.62. The molecule has 62 valence electrons. The van der Waals surface area contributed by atoms with Gasteiger partial charge >= 0.3 is 5.97 Å². The van der Waals surface area contributed by atoms with E-state index in [1.54, 1.807) is 0 Å². The number of hydrogen-bond acceptors (Lipinski definition) is 1. The van der Waals surface area contributed by atoms with Gasteiger partial charge in [-0.15, -0.1) is 0 Å². The third kappa shape index (κ3) is 0.883. The van der Waals surface area contributed by atoms with E-state index in [1.165, 1.54) is 12.8 Å². The Balaban J connectivity index is 2.17. The number of hydrogen-bond donors (Lipinski definition) is 1. The Bertz CT molecular complexity index is 186. The van der Waals surface area contributed by atoms with Crippen molar-refractivity contribution in [3.63, 3.8) is 0 Å². The lowest BCUT2D eigenvalue weighted by Gasteiger charge is -2.24. The molecule has 2 aliphatic carbocycles. The third-order valence-corrected chi connectivity index (χ3v) is 3.62. The molecule has 0 aliphatic heterocycles. The van der Waals surface area contributed by atoms with Crippen molar-refractivity contribution in [3.8, 4) is 0 Å². The monoisotopic (exact) mass is 154 g/mol. The van der Waals surface area contributed by atoms with E-state index < -0.39 is 5.97 Å². The Morgan fingerprint density at radius 2 is 2.00 bits per heavy atom. The first-order valence-electron chi connectivity index (χ1n) is 4.43. The molecule has 0 radical (unpaired) electrons. The van der Waals surface area contributed by atoms with E-state index in [4.69, 9.17) is 5.11 Å². The molecule has 0 amide bonds. The summed E-state index contributed by atoms with van der Waals surface area (Å²) in [5.74, 6) is 1.08. The Hall–Kier alpha value is -0.530. The number of carboxylic acids is 1. The van der Waals surface area contributed by atoms with Crippen LogP contribution in [-0.2, 0) is 4.79 Å². The van der Waals surface area contributed by atoms with Gasteiger partial charge in [0.1, 0.15) is 0 Å². The molecular formula is C9H14O2.